The molecule has 0 N–H and O–H groups in total. The maximum atomic E-state index is 13.2. The highest BCUT2D eigenvalue weighted by atomic mass is 19.1. The lowest BCUT2D eigenvalue weighted by molar-refractivity contribution is -0.118. The third kappa shape index (κ3) is 3.35. The van der Waals surface area contributed by atoms with E-state index in [4.69, 9.17) is 4.74 Å². The van der Waals surface area contributed by atoms with Crippen LogP contribution >= 0.6 is 0 Å². The van der Waals surface area contributed by atoms with Crippen molar-refractivity contribution in [3.63, 3.8) is 0 Å². The molecule has 0 saturated heterocycles. The molecule has 0 aliphatic rings. The molecular formula is C12H15FO2. The van der Waals surface area contributed by atoms with Crippen molar-refractivity contribution in [3.05, 3.63) is 29.6 Å². The summed E-state index contributed by atoms with van der Waals surface area (Å²) in [6.07, 6.45) is 1.61. The Morgan fingerprint density at radius 3 is 2.73 bits per heavy atom. The highest BCUT2D eigenvalue weighted by molar-refractivity contribution is 5.78. The summed E-state index contributed by atoms with van der Waals surface area (Å²) in [5.41, 5.74) is 0.829. The number of ketones is 1. The van der Waals surface area contributed by atoms with E-state index in [0.717, 1.165) is 5.56 Å². The minimum Gasteiger partial charge on any atom is -0.494 e. The number of carbonyl (C=O) groups is 1. The van der Waals surface area contributed by atoms with Gasteiger partial charge in [-0.1, -0.05) is 13.0 Å². The first-order chi connectivity index (χ1) is 7.17. The van der Waals surface area contributed by atoms with Crippen LogP contribution in [0.4, 0.5) is 4.39 Å². The lowest BCUT2D eigenvalue weighted by Crippen LogP contribution is -1.98. The van der Waals surface area contributed by atoms with Crippen molar-refractivity contribution in [1.29, 1.82) is 0 Å². The molecule has 2 nitrogen and oxygen atoms in total. The normalized spacial score (nSPS) is 10.1. The summed E-state index contributed by atoms with van der Waals surface area (Å²) in [7, 11) is 1.43. The first-order valence-corrected chi connectivity index (χ1v) is 5.01. The van der Waals surface area contributed by atoms with Crippen molar-refractivity contribution in [1.82, 2.24) is 0 Å². The number of methoxy groups -OCH3 is 1. The van der Waals surface area contributed by atoms with Gasteiger partial charge in [0.05, 0.1) is 7.11 Å². The summed E-state index contributed by atoms with van der Waals surface area (Å²) < 4.78 is 18.1. The van der Waals surface area contributed by atoms with Crippen molar-refractivity contribution in [2.75, 3.05) is 7.11 Å². The Bertz CT molecular complexity index is 347. The predicted octanol–water partition coefficient (Wildman–Crippen LogP) is 2.75. The highest BCUT2D eigenvalue weighted by Crippen LogP contribution is 2.18. The molecule has 0 saturated carbocycles. The molecule has 0 spiro atoms. The van der Waals surface area contributed by atoms with Gasteiger partial charge in [0.2, 0.25) is 0 Å². The smallest absolute Gasteiger partial charge is 0.165 e. The van der Waals surface area contributed by atoms with Crippen LogP contribution in [0.2, 0.25) is 0 Å². The molecule has 3 heteroatoms. The van der Waals surface area contributed by atoms with Crippen molar-refractivity contribution in [3.8, 4) is 5.75 Å². The van der Waals surface area contributed by atoms with E-state index in [0.29, 0.717) is 19.3 Å². The predicted molar refractivity (Wildman–Crippen MR) is 56.6 cm³/mol. The molecule has 0 aliphatic heterocycles. The molecule has 0 radical (unpaired) electrons. The van der Waals surface area contributed by atoms with Gasteiger partial charge in [-0.2, -0.15) is 0 Å². The van der Waals surface area contributed by atoms with Gasteiger partial charge in [0, 0.05) is 12.8 Å². The number of rotatable bonds is 5. The van der Waals surface area contributed by atoms with Crippen LogP contribution in [0.25, 0.3) is 0 Å². The summed E-state index contributed by atoms with van der Waals surface area (Å²) >= 11 is 0. The minimum absolute atomic E-state index is 0.200. The highest BCUT2D eigenvalue weighted by Gasteiger charge is 2.04. The second-order valence-electron chi connectivity index (χ2n) is 3.36. The summed E-state index contributed by atoms with van der Waals surface area (Å²) in [6, 6.07) is 4.79. The summed E-state index contributed by atoms with van der Waals surface area (Å²) in [6.45, 7) is 1.83. The Labute approximate surface area is 89.1 Å². The zero-order valence-corrected chi connectivity index (χ0v) is 9.05. The fourth-order valence-electron chi connectivity index (χ4n) is 1.33. The Kier molecular flexibility index (Phi) is 4.28. The average Bonchev–Trinajstić information content (AvgIpc) is 2.26. The molecule has 15 heavy (non-hydrogen) atoms. The Morgan fingerprint density at radius 1 is 1.47 bits per heavy atom. The number of benzene rings is 1. The molecule has 0 aromatic heterocycles. The zero-order chi connectivity index (χ0) is 11.3. The standard InChI is InChI=1S/C12H15FO2/c1-3-10(14)6-4-9-5-7-12(15-2)11(13)8-9/h5,7-8H,3-4,6H2,1-2H3. The van der Waals surface area contributed by atoms with Gasteiger partial charge in [0.15, 0.2) is 11.6 Å². The van der Waals surface area contributed by atoms with Crippen LogP contribution in [0, 0.1) is 5.82 Å². The van der Waals surface area contributed by atoms with Gasteiger partial charge in [-0.3, -0.25) is 4.79 Å². The fraction of sp³-hybridized carbons (Fsp3) is 0.417. The van der Waals surface area contributed by atoms with Gasteiger partial charge in [0.25, 0.3) is 0 Å². The largest absolute Gasteiger partial charge is 0.494 e. The minimum atomic E-state index is -0.376. The van der Waals surface area contributed by atoms with Crippen molar-refractivity contribution < 1.29 is 13.9 Å². The van der Waals surface area contributed by atoms with E-state index in [1.165, 1.54) is 13.2 Å². The van der Waals surface area contributed by atoms with Crippen LogP contribution in [0.15, 0.2) is 18.2 Å². The molecule has 1 aromatic carbocycles. The van der Waals surface area contributed by atoms with Crippen LogP contribution < -0.4 is 4.74 Å². The number of halogens is 1. The SMILES string of the molecule is CCC(=O)CCc1ccc(OC)c(F)c1. The topological polar surface area (TPSA) is 26.3 Å². The third-order valence-electron chi connectivity index (χ3n) is 2.30. The summed E-state index contributed by atoms with van der Waals surface area (Å²) in [5, 5.41) is 0. The molecule has 0 atom stereocenters. The fourth-order valence-corrected chi connectivity index (χ4v) is 1.33. The maximum Gasteiger partial charge on any atom is 0.165 e. The van der Waals surface area contributed by atoms with Crippen molar-refractivity contribution >= 4 is 5.78 Å². The summed E-state index contributed by atoms with van der Waals surface area (Å²) in [4.78, 5) is 11.1. The molecule has 1 aromatic rings. The van der Waals surface area contributed by atoms with E-state index in [1.807, 2.05) is 6.92 Å². The van der Waals surface area contributed by atoms with E-state index in [-0.39, 0.29) is 17.3 Å². The van der Waals surface area contributed by atoms with E-state index < -0.39 is 0 Å². The van der Waals surface area contributed by atoms with E-state index in [1.54, 1.807) is 12.1 Å². The molecular weight excluding hydrogens is 195 g/mol. The van der Waals surface area contributed by atoms with Crippen LogP contribution in [-0.2, 0) is 11.2 Å². The van der Waals surface area contributed by atoms with Crippen molar-refractivity contribution in [2.45, 2.75) is 26.2 Å². The second kappa shape index (κ2) is 5.49. The van der Waals surface area contributed by atoms with Crippen molar-refractivity contribution in [2.24, 2.45) is 0 Å². The van der Waals surface area contributed by atoms with E-state index in [2.05, 4.69) is 0 Å². The lowest BCUT2D eigenvalue weighted by Gasteiger charge is -2.04. The Morgan fingerprint density at radius 2 is 2.20 bits per heavy atom. The monoisotopic (exact) mass is 210 g/mol. The third-order valence-corrected chi connectivity index (χ3v) is 2.30. The van der Waals surface area contributed by atoms with Gasteiger partial charge in [-0.15, -0.1) is 0 Å². The zero-order valence-electron chi connectivity index (χ0n) is 9.05. The molecule has 0 unspecified atom stereocenters. The van der Waals surface area contributed by atoms with Crippen LogP contribution in [-0.4, -0.2) is 12.9 Å². The van der Waals surface area contributed by atoms with E-state index in [9.17, 15) is 9.18 Å². The molecule has 0 aliphatic carbocycles. The number of aryl methyl sites for hydroxylation is 1. The van der Waals surface area contributed by atoms with Crippen LogP contribution in [0.3, 0.4) is 0 Å². The quantitative estimate of drug-likeness (QED) is 0.747. The van der Waals surface area contributed by atoms with Crippen LogP contribution in [0.1, 0.15) is 25.3 Å². The number of ether oxygens (including phenoxy) is 1. The molecule has 82 valence electrons. The van der Waals surface area contributed by atoms with Gasteiger partial charge in [-0.05, 0) is 24.1 Å². The number of Topliss-reactive ketones (excluding diaryl/α,β-unsaturated/α-hetero) is 1. The van der Waals surface area contributed by atoms with Gasteiger partial charge in [0.1, 0.15) is 5.78 Å². The average molecular weight is 210 g/mol. The molecule has 0 bridgehead atoms. The van der Waals surface area contributed by atoms with Crippen LogP contribution in [0.5, 0.6) is 5.75 Å². The Balaban J connectivity index is 2.63. The molecule has 0 amide bonds. The number of carbonyl (C=O) groups excluding carboxylic acids is 1. The van der Waals surface area contributed by atoms with Gasteiger partial charge >= 0.3 is 0 Å². The number of hydrogen-bond acceptors (Lipinski definition) is 2. The molecule has 1 rings (SSSR count). The first-order valence-electron chi connectivity index (χ1n) is 5.01. The number of hydrogen-bond donors (Lipinski definition) is 0. The first kappa shape index (κ1) is 11.7. The second-order valence-corrected chi connectivity index (χ2v) is 3.36. The molecule has 0 heterocycles. The van der Waals surface area contributed by atoms with E-state index >= 15 is 0 Å². The van der Waals surface area contributed by atoms with Gasteiger partial charge < -0.3 is 4.74 Å². The summed E-state index contributed by atoms with van der Waals surface area (Å²) in [5.74, 6) is 0.0609. The molecule has 0 fully saturated rings. The maximum absolute atomic E-state index is 13.2. The van der Waals surface area contributed by atoms with Gasteiger partial charge in [-0.25, -0.2) is 4.39 Å². The Hall–Kier alpha value is -1.38. The lowest BCUT2D eigenvalue weighted by atomic mass is 10.1.